The number of furan rings is 1. The number of nitrogens with one attached hydrogen (secondary N) is 4. The van der Waals surface area contributed by atoms with Crippen LogP contribution in [0, 0.1) is 0 Å². The molecular formula is C18H18N4O4S. The number of carbonyl (C=O) groups is 3. The summed E-state index contributed by atoms with van der Waals surface area (Å²) in [5.74, 6) is -0.521. The molecular weight excluding hydrogens is 368 g/mol. The van der Waals surface area contributed by atoms with Crippen LogP contribution in [0.15, 0.2) is 53.2 Å². The van der Waals surface area contributed by atoms with Gasteiger partial charge in [-0.3, -0.25) is 30.6 Å². The topological polar surface area (TPSA) is 112 Å². The van der Waals surface area contributed by atoms with Crippen molar-refractivity contribution >= 4 is 46.8 Å². The smallest absolute Gasteiger partial charge is 0.269 e. The number of thiocarbonyl (C=S) groups is 1. The SMILES string of the molecule is CCC(=O)Nc1ccc(C(=O)NNC(=S)NC(=O)C=Cc2ccco2)cc1. The molecule has 4 N–H and O–H groups in total. The average molecular weight is 386 g/mol. The monoisotopic (exact) mass is 386 g/mol. The molecule has 0 saturated heterocycles. The van der Waals surface area contributed by atoms with Crippen molar-refractivity contribution < 1.29 is 18.8 Å². The molecule has 0 radical (unpaired) electrons. The van der Waals surface area contributed by atoms with Crippen LogP contribution in [0.4, 0.5) is 5.69 Å². The van der Waals surface area contributed by atoms with E-state index in [0.29, 0.717) is 23.4 Å². The van der Waals surface area contributed by atoms with E-state index >= 15 is 0 Å². The fourth-order valence-corrected chi connectivity index (χ4v) is 2.02. The Morgan fingerprint density at radius 1 is 1.11 bits per heavy atom. The summed E-state index contributed by atoms with van der Waals surface area (Å²) in [7, 11) is 0. The summed E-state index contributed by atoms with van der Waals surface area (Å²) in [5, 5.41) is 5.00. The maximum atomic E-state index is 12.0. The van der Waals surface area contributed by atoms with E-state index < -0.39 is 11.8 Å². The Labute approximate surface area is 161 Å². The highest BCUT2D eigenvalue weighted by molar-refractivity contribution is 7.80. The molecule has 1 aromatic carbocycles. The van der Waals surface area contributed by atoms with Crippen LogP contribution < -0.4 is 21.5 Å². The number of hydrogen-bond acceptors (Lipinski definition) is 5. The van der Waals surface area contributed by atoms with Gasteiger partial charge in [0.1, 0.15) is 5.76 Å². The zero-order valence-electron chi connectivity index (χ0n) is 14.4. The number of rotatable bonds is 5. The van der Waals surface area contributed by atoms with Crippen LogP contribution in [0.2, 0.25) is 0 Å². The zero-order chi connectivity index (χ0) is 19.6. The molecule has 0 unspecified atom stereocenters. The van der Waals surface area contributed by atoms with Gasteiger partial charge in [-0.15, -0.1) is 0 Å². The van der Waals surface area contributed by atoms with E-state index in [2.05, 4.69) is 21.5 Å². The first-order chi connectivity index (χ1) is 13.0. The molecule has 0 fully saturated rings. The standard InChI is InChI=1S/C18H18N4O4S/c1-2-15(23)19-13-7-5-12(6-8-13)17(25)21-22-18(27)20-16(24)10-9-14-4-3-11-26-14/h3-11H,2H2,1H3,(H,19,23)(H,21,25)(H2,20,22,24,27). The Balaban J connectivity index is 1.78. The fraction of sp³-hybridized carbons (Fsp3) is 0.111. The van der Waals surface area contributed by atoms with Gasteiger partial charge < -0.3 is 9.73 Å². The maximum Gasteiger partial charge on any atom is 0.269 e. The number of hydrogen-bond donors (Lipinski definition) is 4. The lowest BCUT2D eigenvalue weighted by Gasteiger charge is -2.10. The second kappa shape index (κ2) is 9.88. The molecule has 0 bridgehead atoms. The Morgan fingerprint density at radius 3 is 2.48 bits per heavy atom. The number of benzene rings is 1. The second-order valence-electron chi connectivity index (χ2n) is 5.23. The van der Waals surface area contributed by atoms with Gasteiger partial charge in [0, 0.05) is 23.7 Å². The molecule has 0 aliphatic rings. The van der Waals surface area contributed by atoms with Gasteiger partial charge in [0.25, 0.3) is 5.91 Å². The maximum absolute atomic E-state index is 12.0. The molecule has 0 atom stereocenters. The van der Waals surface area contributed by atoms with Gasteiger partial charge >= 0.3 is 0 Å². The summed E-state index contributed by atoms with van der Waals surface area (Å²) >= 11 is 4.93. The van der Waals surface area contributed by atoms with E-state index in [1.807, 2.05) is 0 Å². The summed E-state index contributed by atoms with van der Waals surface area (Å²) in [6.07, 6.45) is 4.59. The summed E-state index contributed by atoms with van der Waals surface area (Å²) in [4.78, 5) is 35.1. The van der Waals surface area contributed by atoms with E-state index in [1.54, 1.807) is 43.3 Å². The summed E-state index contributed by atoms with van der Waals surface area (Å²) in [6.45, 7) is 1.75. The van der Waals surface area contributed by atoms with Crippen LogP contribution in [0.5, 0.6) is 0 Å². The number of carbonyl (C=O) groups excluding carboxylic acids is 3. The third-order valence-electron chi connectivity index (χ3n) is 3.22. The van der Waals surface area contributed by atoms with Crippen LogP contribution in [0.1, 0.15) is 29.5 Å². The van der Waals surface area contributed by atoms with Crippen molar-refractivity contribution in [3.63, 3.8) is 0 Å². The highest BCUT2D eigenvalue weighted by Crippen LogP contribution is 2.09. The molecule has 1 heterocycles. The molecule has 2 aromatic rings. The Morgan fingerprint density at radius 2 is 1.85 bits per heavy atom. The molecule has 8 nitrogen and oxygen atoms in total. The van der Waals surface area contributed by atoms with Crippen LogP contribution in [0.3, 0.4) is 0 Å². The first kappa shape index (κ1) is 19.9. The molecule has 0 aliphatic carbocycles. The van der Waals surface area contributed by atoms with Crippen molar-refractivity contribution in [1.29, 1.82) is 0 Å². The molecule has 140 valence electrons. The van der Waals surface area contributed by atoms with Gasteiger partial charge in [-0.1, -0.05) is 6.92 Å². The molecule has 0 spiro atoms. The normalized spacial score (nSPS) is 10.3. The second-order valence-corrected chi connectivity index (χ2v) is 5.63. The lowest BCUT2D eigenvalue weighted by atomic mass is 10.2. The molecule has 0 saturated carbocycles. The minimum atomic E-state index is -0.478. The van der Waals surface area contributed by atoms with Gasteiger partial charge in [0.05, 0.1) is 6.26 Å². The number of hydrazine groups is 1. The Hall–Kier alpha value is -3.46. The molecule has 2 rings (SSSR count). The van der Waals surface area contributed by atoms with Crippen molar-refractivity contribution in [3.8, 4) is 0 Å². The Kier molecular flexibility index (Phi) is 7.26. The summed E-state index contributed by atoms with van der Waals surface area (Å²) in [5.41, 5.74) is 5.75. The van der Waals surface area contributed by atoms with Crippen LogP contribution >= 0.6 is 12.2 Å². The molecule has 0 aliphatic heterocycles. The van der Waals surface area contributed by atoms with Crippen molar-refractivity contribution in [2.45, 2.75) is 13.3 Å². The first-order valence-corrected chi connectivity index (χ1v) is 8.41. The minimum absolute atomic E-state index is 0.0655. The summed E-state index contributed by atoms with van der Waals surface area (Å²) < 4.78 is 5.06. The predicted octanol–water partition coefficient (Wildman–Crippen LogP) is 1.98. The Bertz CT molecular complexity index is 845. The highest BCUT2D eigenvalue weighted by Gasteiger charge is 2.07. The van der Waals surface area contributed by atoms with Crippen LogP contribution in [-0.4, -0.2) is 22.8 Å². The van der Waals surface area contributed by atoms with Crippen molar-refractivity contribution in [3.05, 3.63) is 60.1 Å². The predicted molar refractivity (Wildman–Crippen MR) is 104 cm³/mol. The number of amides is 3. The van der Waals surface area contributed by atoms with Crippen molar-refractivity contribution in [2.75, 3.05) is 5.32 Å². The van der Waals surface area contributed by atoms with Gasteiger partial charge in [-0.2, -0.15) is 0 Å². The minimum Gasteiger partial charge on any atom is -0.465 e. The van der Waals surface area contributed by atoms with E-state index in [4.69, 9.17) is 16.6 Å². The zero-order valence-corrected chi connectivity index (χ0v) is 15.3. The quantitative estimate of drug-likeness (QED) is 0.355. The van der Waals surface area contributed by atoms with Crippen molar-refractivity contribution in [1.82, 2.24) is 16.2 Å². The van der Waals surface area contributed by atoms with Crippen LogP contribution in [-0.2, 0) is 9.59 Å². The molecule has 3 amide bonds. The van der Waals surface area contributed by atoms with E-state index in [9.17, 15) is 14.4 Å². The third kappa shape index (κ3) is 6.75. The average Bonchev–Trinajstić information content (AvgIpc) is 3.18. The summed E-state index contributed by atoms with van der Waals surface area (Å²) in [6, 6.07) is 9.72. The molecule has 1 aromatic heterocycles. The largest absolute Gasteiger partial charge is 0.465 e. The van der Waals surface area contributed by atoms with E-state index in [1.165, 1.54) is 18.4 Å². The van der Waals surface area contributed by atoms with E-state index in [-0.39, 0.29) is 11.0 Å². The van der Waals surface area contributed by atoms with Gasteiger partial charge in [-0.25, -0.2) is 0 Å². The fourth-order valence-electron chi connectivity index (χ4n) is 1.87. The first-order valence-electron chi connectivity index (χ1n) is 8.00. The molecule has 27 heavy (non-hydrogen) atoms. The lowest BCUT2D eigenvalue weighted by molar-refractivity contribution is -0.116. The van der Waals surface area contributed by atoms with Gasteiger partial charge in [-0.05, 0) is 54.7 Å². The highest BCUT2D eigenvalue weighted by atomic mass is 32.1. The third-order valence-corrected chi connectivity index (χ3v) is 3.42. The van der Waals surface area contributed by atoms with Crippen molar-refractivity contribution in [2.24, 2.45) is 0 Å². The van der Waals surface area contributed by atoms with Crippen LogP contribution in [0.25, 0.3) is 6.08 Å². The van der Waals surface area contributed by atoms with Gasteiger partial charge in [0.15, 0.2) is 5.11 Å². The van der Waals surface area contributed by atoms with E-state index in [0.717, 1.165) is 0 Å². The lowest BCUT2D eigenvalue weighted by Crippen LogP contribution is -2.48. The van der Waals surface area contributed by atoms with Gasteiger partial charge in [0.2, 0.25) is 11.8 Å². The molecule has 9 heteroatoms. The number of anilines is 1.